The molecule has 24 heavy (non-hydrogen) atoms. The fraction of sp³-hybridized carbons (Fsp3) is 0.429. The molecule has 1 aliphatic heterocycles. The molecule has 0 N–H and O–H groups in total. The number of hydrogen-bond donors (Lipinski definition) is 0. The molecule has 1 aliphatic rings. The summed E-state index contributed by atoms with van der Waals surface area (Å²) in [6.07, 6.45) is 3.20. The highest BCUT2D eigenvalue weighted by atomic mass is 16.5. The highest BCUT2D eigenvalue weighted by Gasteiger charge is 2.09. The van der Waals surface area contributed by atoms with Crippen molar-refractivity contribution in [1.82, 2.24) is 4.90 Å². The second-order valence-electron chi connectivity index (χ2n) is 6.28. The topological polar surface area (TPSA) is 21.7 Å². The summed E-state index contributed by atoms with van der Waals surface area (Å²) >= 11 is 0. The minimum atomic E-state index is 0.788. The van der Waals surface area contributed by atoms with E-state index in [-0.39, 0.29) is 0 Å². The lowest BCUT2D eigenvalue weighted by Gasteiger charge is -2.26. The van der Waals surface area contributed by atoms with Gasteiger partial charge in [-0.25, -0.2) is 0 Å². The number of ether oxygens (including phenoxy) is 2. The Kier molecular flexibility index (Phi) is 6.70. The van der Waals surface area contributed by atoms with Crippen molar-refractivity contribution in [2.45, 2.75) is 19.3 Å². The molecular formula is C21H27NO2. The molecule has 0 saturated carbocycles. The van der Waals surface area contributed by atoms with Gasteiger partial charge < -0.3 is 9.47 Å². The van der Waals surface area contributed by atoms with E-state index < -0.39 is 0 Å². The van der Waals surface area contributed by atoms with Gasteiger partial charge in [-0.15, -0.1) is 0 Å². The zero-order chi connectivity index (χ0) is 16.5. The normalized spacial score (nSPS) is 15.3. The Labute approximate surface area is 145 Å². The van der Waals surface area contributed by atoms with Gasteiger partial charge in [-0.3, -0.25) is 4.90 Å². The van der Waals surface area contributed by atoms with Crippen molar-refractivity contribution in [2.24, 2.45) is 0 Å². The Bertz CT molecular complexity index is 594. The maximum Gasteiger partial charge on any atom is 0.122 e. The molecule has 0 spiro atoms. The third kappa shape index (κ3) is 5.36. The first-order valence-electron chi connectivity index (χ1n) is 8.96. The van der Waals surface area contributed by atoms with Crippen LogP contribution in [0.2, 0.25) is 0 Å². The number of unbranched alkanes of at least 4 members (excludes halogenated alkanes) is 1. The zero-order valence-corrected chi connectivity index (χ0v) is 14.3. The van der Waals surface area contributed by atoms with Gasteiger partial charge in [0, 0.05) is 19.5 Å². The Morgan fingerprint density at radius 2 is 1.62 bits per heavy atom. The van der Waals surface area contributed by atoms with Crippen molar-refractivity contribution in [3.8, 4) is 5.75 Å². The van der Waals surface area contributed by atoms with E-state index in [0.29, 0.717) is 0 Å². The lowest BCUT2D eigenvalue weighted by Crippen LogP contribution is -2.36. The van der Waals surface area contributed by atoms with Crippen molar-refractivity contribution in [3.63, 3.8) is 0 Å². The van der Waals surface area contributed by atoms with Gasteiger partial charge in [0.15, 0.2) is 0 Å². The number of morpholine rings is 1. The summed E-state index contributed by atoms with van der Waals surface area (Å²) in [5, 5.41) is 0. The van der Waals surface area contributed by atoms with Crippen molar-refractivity contribution in [2.75, 3.05) is 39.5 Å². The van der Waals surface area contributed by atoms with Crippen LogP contribution >= 0.6 is 0 Å². The average molecular weight is 325 g/mol. The lowest BCUT2D eigenvalue weighted by atomic mass is 10.0. The number of para-hydroxylation sites is 1. The van der Waals surface area contributed by atoms with Gasteiger partial charge in [0.25, 0.3) is 0 Å². The van der Waals surface area contributed by atoms with Crippen LogP contribution in [0.3, 0.4) is 0 Å². The van der Waals surface area contributed by atoms with Crippen molar-refractivity contribution < 1.29 is 9.47 Å². The van der Waals surface area contributed by atoms with E-state index in [1.165, 1.54) is 17.5 Å². The number of hydrogen-bond acceptors (Lipinski definition) is 3. The molecule has 3 rings (SSSR count). The molecule has 1 saturated heterocycles. The summed E-state index contributed by atoms with van der Waals surface area (Å²) in [5.74, 6) is 1.02. The van der Waals surface area contributed by atoms with E-state index in [4.69, 9.17) is 9.47 Å². The average Bonchev–Trinajstić information content (AvgIpc) is 2.64. The second-order valence-corrected chi connectivity index (χ2v) is 6.28. The molecule has 0 aliphatic carbocycles. The Morgan fingerprint density at radius 3 is 2.46 bits per heavy atom. The van der Waals surface area contributed by atoms with Gasteiger partial charge >= 0.3 is 0 Å². The molecule has 2 aromatic carbocycles. The quantitative estimate of drug-likeness (QED) is 0.690. The molecule has 3 heteroatoms. The van der Waals surface area contributed by atoms with Gasteiger partial charge in [0.2, 0.25) is 0 Å². The van der Waals surface area contributed by atoms with Crippen LogP contribution in [0.1, 0.15) is 24.0 Å². The van der Waals surface area contributed by atoms with Gasteiger partial charge in [-0.2, -0.15) is 0 Å². The molecule has 0 bridgehead atoms. The van der Waals surface area contributed by atoms with Gasteiger partial charge in [0.1, 0.15) is 5.75 Å². The van der Waals surface area contributed by atoms with E-state index in [1.807, 2.05) is 0 Å². The van der Waals surface area contributed by atoms with Crippen LogP contribution < -0.4 is 4.74 Å². The van der Waals surface area contributed by atoms with Crippen LogP contribution in [0, 0.1) is 0 Å². The van der Waals surface area contributed by atoms with E-state index in [9.17, 15) is 0 Å². The molecule has 0 unspecified atom stereocenters. The third-order valence-electron chi connectivity index (χ3n) is 4.44. The summed E-state index contributed by atoms with van der Waals surface area (Å²) < 4.78 is 11.4. The first kappa shape index (κ1) is 17.0. The first-order chi connectivity index (χ1) is 11.9. The number of rotatable bonds is 8. The molecular weight excluding hydrogens is 298 g/mol. The Morgan fingerprint density at radius 1 is 0.875 bits per heavy atom. The Balaban J connectivity index is 1.43. The van der Waals surface area contributed by atoms with Crippen molar-refractivity contribution in [3.05, 3.63) is 65.7 Å². The summed E-state index contributed by atoms with van der Waals surface area (Å²) in [4.78, 5) is 2.48. The second kappa shape index (κ2) is 9.45. The maximum atomic E-state index is 6.06. The van der Waals surface area contributed by atoms with Crippen LogP contribution in [0.4, 0.5) is 0 Å². The van der Waals surface area contributed by atoms with Crippen LogP contribution in [0.25, 0.3) is 0 Å². The summed E-state index contributed by atoms with van der Waals surface area (Å²) in [7, 11) is 0. The zero-order valence-electron chi connectivity index (χ0n) is 14.3. The van der Waals surface area contributed by atoms with Crippen LogP contribution in [-0.2, 0) is 11.2 Å². The van der Waals surface area contributed by atoms with Crippen molar-refractivity contribution >= 4 is 0 Å². The largest absolute Gasteiger partial charge is 0.493 e. The van der Waals surface area contributed by atoms with Gasteiger partial charge in [-0.05, 0) is 36.6 Å². The van der Waals surface area contributed by atoms with Crippen molar-refractivity contribution in [1.29, 1.82) is 0 Å². The number of nitrogens with zero attached hydrogens (tertiary/aromatic N) is 1. The molecule has 0 amide bonds. The number of benzene rings is 2. The molecule has 0 aromatic heterocycles. The molecule has 128 valence electrons. The molecule has 1 heterocycles. The summed E-state index contributed by atoms with van der Waals surface area (Å²) in [6, 6.07) is 18.9. The minimum absolute atomic E-state index is 0.788. The Hall–Kier alpha value is -1.84. The molecule has 0 atom stereocenters. The third-order valence-corrected chi connectivity index (χ3v) is 4.44. The fourth-order valence-electron chi connectivity index (χ4n) is 3.05. The van der Waals surface area contributed by atoms with E-state index >= 15 is 0 Å². The summed E-state index contributed by atoms with van der Waals surface area (Å²) in [6.45, 7) is 5.84. The first-order valence-corrected chi connectivity index (χ1v) is 8.96. The fourth-order valence-corrected chi connectivity index (χ4v) is 3.05. The monoisotopic (exact) mass is 325 g/mol. The minimum Gasteiger partial charge on any atom is -0.493 e. The van der Waals surface area contributed by atoms with Crippen LogP contribution in [-0.4, -0.2) is 44.4 Å². The summed E-state index contributed by atoms with van der Waals surface area (Å²) in [5.41, 5.74) is 2.58. The van der Waals surface area contributed by atoms with E-state index in [1.54, 1.807) is 0 Å². The SMILES string of the molecule is c1ccc(Cc2ccccc2OCCCCN2CCOCC2)cc1. The van der Waals surface area contributed by atoms with Crippen LogP contribution in [0.15, 0.2) is 54.6 Å². The van der Waals surface area contributed by atoms with Gasteiger partial charge in [-0.1, -0.05) is 48.5 Å². The predicted octanol–water partition coefficient (Wildman–Crippen LogP) is 3.77. The highest BCUT2D eigenvalue weighted by molar-refractivity contribution is 5.37. The standard InChI is InChI=1S/C21H27NO2/c1-2-8-19(9-3-1)18-20-10-4-5-11-21(20)24-15-7-6-12-22-13-16-23-17-14-22/h1-5,8-11H,6-7,12-18H2. The highest BCUT2D eigenvalue weighted by Crippen LogP contribution is 2.21. The molecule has 1 fully saturated rings. The van der Waals surface area contributed by atoms with Gasteiger partial charge in [0.05, 0.1) is 19.8 Å². The molecule has 2 aromatic rings. The molecule has 0 radical (unpaired) electrons. The van der Waals surface area contributed by atoms with E-state index in [0.717, 1.165) is 58.0 Å². The smallest absolute Gasteiger partial charge is 0.122 e. The maximum absolute atomic E-state index is 6.06. The van der Waals surface area contributed by atoms with Crippen LogP contribution in [0.5, 0.6) is 5.75 Å². The lowest BCUT2D eigenvalue weighted by molar-refractivity contribution is 0.0368. The molecule has 3 nitrogen and oxygen atoms in total. The van der Waals surface area contributed by atoms with E-state index in [2.05, 4.69) is 59.5 Å². The predicted molar refractivity (Wildman–Crippen MR) is 97.7 cm³/mol.